The summed E-state index contributed by atoms with van der Waals surface area (Å²) in [5.41, 5.74) is 3.16. The monoisotopic (exact) mass is 333 g/mol. The van der Waals surface area contributed by atoms with Crippen LogP contribution in [0, 0.1) is 13.8 Å². The highest BCUT2D eigenvalue weighted by Gasteiger charge is 2.17. The van der Waals surface area contributed by atoms with E-state index < -0.39 is 0 Å². The van der Waals surface area contributed by atoms with Gasteiger partial charge in [0.25, 0.3) is 0 Å². The van der Waals surface area contributed by atoms with E-state index in [1.165, 1.54) is 0 Å². The van der Waals surface area contributed by atoms with Crippen LogP contribution in [0.2, 0.25) is 0 Å². The van der Waals surface area contributed by atoms with Crippen molar-refractivity contribution in [1.82, 2.24) is 10.6 Å². The van der Waals surface area contributed by atoms with E-state index in [-0.39, 0.29) is 11.9 Å². The highest BCUT2D eigenvalue weighted by atomic mass is 16.2. The van der Waals surface area contributed by atoms with Gasteiger partial charge >= 0.3 is 0 Å². The van der Waals surface area contributed by atoms with Crippen molar-refractivity contribution < 1.29 is 4.79 Å². The molecule has 4 nitrogen and oxygen atoms in total. The standard InChI is InChI=1S/C20H35N3O/c1-6-17(5)21-13-8-9-14-22-18(7-2)20(24)23-19-15(3)11-10-12-16(19)4/h10-12,17-18,21-22H,6-9,13-14H2,1-5H3,(H,23,24). The molecule has 0 aliphatic heterocycles. The van der Waals surface area contributed by atoms with Crippen LogP contribution in [0.25, 0.3) is 0 Å². The van der Waals surface area contributed by atoms with E-state index in [2.05, 4.69) is 29.8 Å². The molecule has 0 saturated heterocycles. The first kappa shape index (κ1) is 20.7. The molecule has 2 unspecified atom stereocenters. The third-order valence-electron chi connectivity index (χ3n) is 4.55. The number of carbonyl (C=O) groups is 1. The van der Waals surface area contributed by atoms with Crippen LogP contribution in [0.5, 0.6) is 0 Å². The number of hydrogen-bond acceptors (Lipinski definition) is 3. The molecule has 3 N–H and O–H groups in total. The summed E-state index contributed by atoms with van der Waals surface area (Å²) in [5.74, 6) is 0.0626. The van der Waals surface area contributed by atoms with Crippen molar-refractivity contribution in [3.8, 4) is 0 Å². The molecule has 136 valence electrons. The van der Waals surface area contributed by atoms with Crippen molar-refractivity contribution in [2.45, 2.75) is 72.4 Å². The Hall–Kier alpha value is -1.39. The third kappa shape index (κ3) is 7.02. The van der Waals surface area contributed by atoms with Gasteiger partial charge in [0.1, 0.15) is 0 Å². The van der Waals surface area contributed by atoms with Crippen LogP contribution in [0.4, 0.5) is 5.69 Å². The van der Waals surface area contributed by atoms with Gasteiger partial charge in [0.05, 0.1) is 6.04 Å². The molecule has 2 atom stereocenters. The minimum absolute atomic E-state index is 0.0626. The van der Waals surface area contributed by atoms with E-state index >= 15 is 0 Å². The molecule has 0 heterocycles. The number of carbonyl (C=O) groups excluding carboxylic acids is 1. The van der Waals surface area contributed by atoms with E-state index in [1.807, 2.05) is 39.0 Å². The van der Waals surface area contributed by atoms with Gasteiger partial charge in [-0.2, -0.15) is 0 Å². The molecule has 1 aromatic rings. The lowest BCUT2D eigenvalue weighted by Crippen LogP contribution is -2.40. The van der Waals surface area contributed by atoms with Crippen LogP contribution in [-0.4, -0.2) is 31.1 Å². The van der Waals surface area contributed by atoms with Crippen molar-refractivity contribution in [1.29, 1.82) is 0 Å². The van der Waals surface area contributed by atoms with Gasteiger partial charge in [0.15, 0.2) is 0 Å². The summed E-state index contributed by atoms with van der Waals surface area (Å²) < 4.78 is 0. The highest BCUT2D eigenvalue weighted by Crippen LogP contribution is 2.19. The largest absolute Gasteiger partial charge is 0.324 e. The number of hydrogen-bond donors (Lipinski definition) is 3. The SMILES string of the molecule is CCC(C)NCCCCNC(CC)C(=O)Nc1c(C)cccc1C. The van der Waals surface area contributed by atoms with Gasteiger partial charge in [-0.05, 0) is 70.7 Å². The molecule has 24 heavy (non-hydrogen) atoms. The van der Waals surface area contributed by atoms with Crippen molar-refractivity contribution >= 4 is 11.6 Å². The summed E-state index contributed by atoms with van der Waals surface area (Å²) in [5, 5.41) is 9.98. The Morgan fingerprint density at radius 2 is 1.58 bits per heavy atom. The average molecular weight is 334 g/mol. The zero-order valence-electron chi connectivity index (χ0n) is 16.0. The van der Waals surface area contributed by atoms with Gasteiger partial charge in [-0.25, -0.2) is 0 Å². The van der Waals surface area contributed by atoms with Gasteiger partial charge < -0.3 is 16.0 Å². The van der Waals surface area contributed by atoms with Crippen LogP contribution >= 0.6 is 0 Å². The van der Waals surface area contributed by atoms with Crippen LogP contribution in [0.3, 0.4) is 0 Å². The Labute approximate surface area is 147 Å². The molecule has 0 fully saturated rings. The molecule has 0 bridgehead atoms. The van der Waals surface area contributed by atoms with Gasteiger partial charge in [-0.15, -0.1) is 0 Å². The minimum Gasteiger partial charge on any atom is -0.324 e. The second-order valence-corrected chi connectivity index (χ2v) is 6.64. The molecule has 1 aromatic carbocycles. The van der Waals surface area contributed by atoms with Gasteiger partial charge in [-0.3, -0.25) is 4.79 Å². The molecule has 4 heteroatoms. The molecule has 0 aliphatic carbocycles. The topological polar surface area (TPSA) is 53.2 Å². The first-order valence-corrected chi connectivity index (χ1v) is 9.33. The second-order valence-electron chi connectivity index (χ2n) is 6.64. The summed E-state index contributed by atoms with van der Waals surface area (Å²) in [6, 6.07) is 6.53. The normalized spacial score (nSPS) is 13.5. The quantitative estimate of drug-likeness (QED) is 0.540. The first-order valence-electron chi connectivity index (χ1n) is 9.33. The zero-order valence-corrected chi connectivity index (χ0v) is 16.0. The molecule has 1 amide bonds. The number of amides is 1. The number of unbranched alkanes of at least 4 members (excludes halogenated alkanes) is 1. The summed E-state index contributed by atoms with van der Waals surface area (Å²) in [6.07, 6.45) is 4.17. The lowest BCUT2D eigenvalue weighted by molar-refractivity contribution is -0.118. The second kappa shape index (κ2) is 11.2. The van der Waals surface area contributed by atoms with Crippen LogP contribution in [0.15, 0.2) is 18.2 Å². The molecular formula is C20H35N3O. The van der Waals surface area contributed by atoms with Crippen LogP contribution in [0.1, 0.15) is 57.6 Å². The lowest BCUT2D eigenvalue weighted by Gasteiger charge is -2.19. The number of rotatable bonds is 11. The molecular weight excluding hydrogens is 298 g/mol. The first-order chi connectivity index (χ1) is 11.5. The fourth-order valence-corrected chi connectivity index (χ4v) is 2.66. The minimum atomic E-state index is -0.133. The van der Waals surface area contributed by atoms with E-state index in [9.17, 15) is 4.79 Å². The van der Waals surface area contributed by atoms with Gasteiger partial charge in [0, 0.05) is 11.7 Å². The summed E-state index contributed by atoms with van der Waals surface area (Å²) in [6.45, 7) is 12.4. The highest BCUT2D eigenvalue weighted by molar-refractivity contribution is 5.96. The molecule has 0 saturated carbocycles. The maximum Gasteiger partial charge on any atom is 0.241 e. The van der Waals surface area contributed by atoms with E-state index in [1.54, 1.807) is 0 Å². The zero-order chi connectivity index (χ0) is 17.9. The Bertz CT molecular complexity index is 481. The average Bonchev–Trinajstić information content (AvgIpc) is 2.57. The lowest BCUT2D eigenvalue weighted by atomic mass is 10.1. The Balaban J connectivity index is 2.36. The Morgan fingerprint density at radius 3 is 2.12 bits per heavy atom. The predicted molar refractivity (Wildman–Crippen MR) is 104 cm³/mol. The van der Waals surface area contributed by atoms with Crippen molar-refractivity contribution in [2.24, 2.45) is 0 Å². The molecule has 0 aliphatic rings. The van der Waals surface area contributed by atoms with Crippen molar-refractivity contribution in [3.63, 3.8) is 0 Å². The van der Waals surface area contributed by atoms with E-state index in [4.69, 9.17) is 0 Å². The van der Waals surface area contributed by atoms with Crippen LogP contribution < -0.4 is 16.0 Å². The smallest absolute Gasteiger partial charge is 0.241 e. The maximum atomic E-state index is 12.5. The Morgan fingerprint density at radius 1 is 1.00 bits per heavy atom. The molecule has 0 spiro atoms. The third-order valence-corrected chi connectivity index (χ3v) is 4.55. The molecule has 0 aromatic heterocycles. The van der Waals surface area contributed by atoms with Crippen molar-refractivity contribution in [2.75, 3.05) is 18.4 Å². The van der Waals surface area contributed by atoms with E-state index in [0.717, 1.165) is 55.6 Å². The van der Waals surface area contributed by atoms with E-state index in [0.29, 0.717) is 6.04 Å². The van der Waals surface area contributed by atoms with Crippen LogP contribution in [-0.2, 0) is 4.79 Å². The van der Waals surface area contributed by atoms with Gasteiger partial charge in [-0.1, -0.05) is 32.0 Å². The maximum absolute atomic E-state index is 12.5. The number of anilines is 1. The number of nitrogens with one attached hydrogen (secondary N) is 3. The van der Waals surface area contributed by atoms with Crippen molar-refractivity contribution in [3.05, 3.63) is 29.3 Å². The molecule has 0 radical (unpaired) electrons. The van der Waals surface area contributed by atoms with Gasteiger partial charge in [0.2, 0.25) is 5.91 Å². The fourth-order valence-electron chi connectivity index (χ4n) is 2.66. The number of aryl methyl sites for hydroxylation is 2. The summed E-state index contributed by atoms with van der Waals surface area (Å²) in [4.78, 5) is 12.5. The summed E-state index contributed by atoms with van der Waals surface area (Å²) >= 11 is 0. The number of benzene rings is 1. The molecule has 1 rings (SSSR count). The Kier molecular flexibility index (Phi) is 9.65. The fraction of sp³-hybridized carbons (Fsp3) is 0.650. The predicted octanol–water partition coefficient (Wildman–Crippen LogP) is 3.78. The summed E-state index contributed by atoms with van der Waals surface area (Å²) in [7, 11) is 0. The number of para-hydroxylation sites is 1.